The molecule has 5 aromatic carbocycles. The van der Waals surface area contributed by atoms with Crippen LogP contribution in [0.3, 0.4) is 0 Å². The van der Waals surface area contributed by atoms with Crippen molar-refractivity contribution in [2.75, 3.05) is 5.73 Å². The summed E-state index contributed by atoms with van der Waals surface area (Å²) in [4.78, 5) is 10.1. The monoisotopic (exact) mass is 345 g/mol. The van der Waals surface area contributed by atoms with E-state index in [0.717, 1.165) is 60.1 Å². The van der Waals surface area contributed by atoms with Crippen molar-refractivity contribution in [2.24, 2.45) is 0 Å². The zero-order valence-electron chi connectivity index (χ0n) is 14.5. The Labute approximate surface area is 155 Å². The van der Waals surface area contributed by atoms with E-state index >= 15 is 0 Å². The number of hydrogen-bond acceptors (Lipinski definition) is 3. The summed E-state index contributed by atoms with van der Waals surface area (Å²) in [5.41, 5.74) is 10.7. The van der Waals surface area contributed by atoms with Gasteiger partial charge >= 0.3 is 0 Å². The lowest BCUT2D eigenvalue weighted by Crippen LogP contribution is -1.95. The molecule has 126 valence electrons. The van der Waals surface area contributed by atoms with Gasteiger partial charge in [-0.25, -0.2) is 9.97 Å². The molecule has 6 rings (SSSR count). The Balaban J connectivity index is 1.97. The molecular formula is C24H15N3. The molecule has 6 aromatic rings. The molecule has 0 spiro atoms. The van der Waals surface area contributed by atoms with E-state index in [2.05, 4.69) is 48.5 Å². The number of rotatable bonds is 0. The summed E-state index contributed by atoms with van der Waals surface area (Å²) < 4.78 is 0. The number of nitrogens with two attached hydrogens (primary N) is 1. The van der Waals surface area contributed by atoms with Crippen LogP contribution in [-0.4, -0.2) is 9.97 Å². The standard InChI is InChI=1S/C24H15N3/c25-19-11-5-10-17-16-8-3-4-9-18(16)23-24(21(17)19)27-22-15-7-2-1-6-14(15)12-13-20(22)26-23/h1-13H,25H2. The summed E-state index contributed by atoms with van der Waals surface area (Å²) in [6.45, 7) is 0. The van der Waals surface area contributed by atoms with Crippen LogP contribution in [0.1, 0.15) is 0 Å². The number of anilines is 1. The minimum Gasteiger partial charge on any atom is -0.398 e. The summed E-state index contributed by atoms with van der Waals surface area (Å²) >= 11 is 0. The van der Waals surface area contributed by atoms with Crippen LogP contribution in [0.25, 0.3) is 54.4 Å². The number of fused-ring (bicyclic) bond motifs is 9. The maximum absolute atomic E-state index is 6.40. The van der Waals surface area contributed by atoms with Gasteiger partial charge in [-0.2, -0.15) is 0 Å². The van der Waals surface area contributed by atoms with E-state index < -0.39 is 0 Å². The number of aromatic nitrogens is 2. The molecule has 3 nitrogen and oxygen atoms in total. The van der Waals surface area contributed by atoms with Crippen molar-refractivity contribution >= 4 is 60.1 Å². The van der Waals surface area contributed by atoms with Crippen molar-refractivity contribution < 1.29 is 0 Å². The second kappa shape index (κ2) is 5.15. The molecule has 0 atom stereocenters. The van der Waals surface area contributed by atoms with Crippen LogP contribution in [0.2, 0.25) is 0 Å². The van der Waals surface area contributed by atoms with Gasteiger partial charge in [0.25, 0.3) is 0 Å². The second-order valence-electron chi connectivity index (χ2n) is 6.89. The molecule has 1 aromatic heterocycles. The maximum Gasteiger partial charge on any atom is 0.100 e. The summed E-state index contributed by atoms with van der Waals surface area (Å²) in [6.07, 6.45) is 0. The lowest BCUT2D eigenvalue weighted by Gasteiger charge is -2.12. The fraction of sp³-hybridized carbons (Fsp3) is 0. The molecule has 0 aliphatic rings. The Bertz CT molecular complexity index is 1530. The minimum absolute atomic E-state index is 0.733. The molecular weight excluding hydrogens is 330 g/mol. The molecule has 2 N–H and O–H groups in total. The van der Waals surface area contributed by atoms with Gasteiger partial charge in [0, 0.05) is 21.8 Å². The third kappa shape index (κ3) is 1.91. The van der Waals surface area contributed by atoms with Crippen LogP contribution in [0.5, 0.6) is 0 Å². The molecule has 0 aliphatic heterocycles. The average Bonchev–Trinajstić information content (AvgIpc) is 2.73. The van der Waals surface area contributed by atoms with Crippen molar-refractivity contribution in [1.82, 2.24) is 9.97 Å². The summed E-state index contributed by atoms with van der Waals surface area (Å²) in [5.74, 6) is 0. The van der Waals surface area contributed by atoms with Crippen LogP contribution in [0.15, 0.2) is 78.9 Å². The molecule has 27 heavy (non-hydrogen) atoms. The maximum atomic E-state index is 6.40. The predicted octanol–water partition coefficient (Wildman–Crippen LogP) is 5.82. The summed E-state index contributed by atoms with van der Waals surface area (Å²) in [6, 6.07) is 26.8. The number of hydrogen-bond donors (Lipinski definition) is 1. The highest BCUT2D eigenvalue weighted by Gasteiger charge is 2.14. The normalized spacial score (nSPS) is 11.9. The first-order valence-corrected chi connectivity index (χ1v) is 8.99. The van der Waals surface area contributed by atoms with Crippen molar-refractivity contribution in [3.63, 3.8) is 0 Å². The van der Waals surface area contributed by atoms with Crippen LogP contribution >= 0.6 is 0 Å². The fourth-order valence-electron chi connectivity index (χ4n) is 4.13. The van der Waals surface area contributed by atoms with Gasteiger partial charge in [0.05, 0.1) is 16.6 Å². The number of nitrogens with zero attached hydrogens (tertiary/aromatic N) is 2. The zero-order chi connectivity index (χ0) is 18.0. The first kappa shape index (κ1) is 14.4. The first-order valence-electron chi connectivity index (χ1n) is 8.99. The van der Waals surface area contributed by atoms with Crippen LogP contribution in [-0.2, 0) is 0 Å². The molecule has 0 amide bonds. The van der Waals surface area contributed by atoms with Crippen molar-refractivity contribution in [2.45, 2.75) is 0 Å². The van der Waals surface area contributed by atoms with Crippen LogP contribution in [0, 0.1) is 0 Å². The zero-order valence-corrected chi connectivity index (χ0v) is 14.5. The van der Waals surface area contributed by atoms with Crippen molar-refractivity contribution in [1.29, 1.82) is 0 Å². The molecule has 3 heteroatoms. The van der Waals surface area contributed by atoms with Crippen LogP contribution in [0.4, 0.5) is 5.69 Å². The first-order chi connectivity index (χ1) is 13.3. The fourth-order valence-corrected chi connectivity index (χ4v) is 4.13. The van der Waals surface area contributed by atoms with Gasteiger partial charge in [0.1, 0.15) is 5.52 Å². The topological polar surface area (TPSA) is 51.8 Å². The van der Waals surface area contributed by atoms with E-state index in [9.17, 15) is 0 Å². The molecule has 0 aliphatic carbocycles. The van der Waals surface area contributed by atoms with E-state index in [0.29, 0.717) is 0 Å². The number of nitrogen functional groups attached to an aromatic ring is 1. The van der Waals surface area contributed by atoms with E-state index in [1.165, 1.54) is 0 Å². The third-order valence-electron chi connectivity index (χ3n) is 5.37. The van der Waals surface area contributed by atoms with Gasteiger partial charge in [-0.15, -0.1) is 0 Å². The Hall–Kier alpha value is -3.72. The van der Waals surface area contributed by atoms with Gasteiger partial charge in [0.2, 0.25) is 0 Å². The lowest BCUT2D eigenvalue weighted by atomic mass is 9.98. The smallest absolute Gasteiger partial charge is 0.100 e. The van der Waals surface area contributed by atoms with E-state index in [4.69, 9.17) is 15.7 Å². The Morgan fingerprint density at radius 3 is 2.15 bits per heavy atom. The van der Waals surface area contributed by atoms with Gasteiger partial charge in [-0.3, -0.25) is 0 Å². The van der Waals surface area contributed by atoms with Gasteiger partial charge < -0.3 is 5.73 Å². The minimum atomic E-state index is 0.733. The van der Waals surface area contributed by atoms with Gasteiger partial charge in [0.15, 0.2) is 0 Å². The molecule has 0 unspecified atom stereocenters. The largest absolute Gasteiger partial charge is 0.398 e. The molecule has 0 radical (unpaired) electrons. The van der Waals surface area contributed by atoms with E-state index in [1.807, 2.05) is 30.3 Å². The van der Waals surface area contributed by atoms with Gasteiger partial charge in [-0.1, -0.05) is 66.7 Å². The second-order valence-corrected chi connectivity index (χ2v) is 6.89. The van der Waals surface area contributed by atoms with Gasteiger partial charge in [-0.05, 0) is 28.3 Å². The number of benzene rings is 5. The molecule has 0 bridgehead atoms. The van der Waals surface area contributed by atoms with Crippen molar-refractivity contribution in [3.05, 3.63) is 78.9 Å². The highest BCUT2D eigenvalue weighted by molar-refractivity contribution is 6.27. The highest BCUT2D eigenvalue weighted by atomic mass is 14.8. The predicted molar refractivity (Wildman–Crippen MR) is 114 cm³/mol. The molecule has 0 saturated carbocycles. The molecule has 1 heterocycles. The Morgan fingerprint density at radius 2 is 1.26 bits per heavy atom. The SMILES string of the molecule is Nc1cccc2c3ccccc3c3nc4ccc5ccccc5c4nc3c12. The Morgan fingerprint density at radius 1 is 0.519 bits per heavy atom. The molecule has 0 fully saturated rings. The highest BCUT2D eigenvalue weighted by Crippen LogP contribution is 2.37. The average molecular weight is 345 g/mol. The third-order valence-corrected chi connectivity index (χ3v) is 5.37. The Kier molecular flexibility index (Phi) is 2.75. The van der Waals surface area contributed by atoms with Crippen LogP contribution < -0.4 is 5.73 Å². The summed E-state index contributed by atoms with van der Waals surface area (Å²) in [7, 11) is 0. The van der Waals surface area contributed by atoms with E-state index in [1.54, 1.807) is 0 Å². The summed E-state index contributed by atoms with van der Waals surface area (Å²) in [5, 5.41) is 6.63. The lowest BCUT2D eigenvalue weighted by molar-refractivity contribution is 1.43. The van der Waals surface area contributed by atoms with Crippen molar-refractivity contribution in [3.8, 4) is 0 Å². The quantitative estimate of drug-likeness (QED) is 0.214. The molecule has 0 saturated heterocycles. The van der Waals surface area contributed by atoms with E-state index in [-0.39, 0.29) is 0 Å².